The summed E-state index contributed by atoms with van der Waals surface area (Å²) in [5.74, 6) is 0. The molecule has 0 saturated carbocycles. The van der Waals surface area contributed by atoms with Gasteiger partial charge in [0.1, 0.15) is 0 Å². The van der Waals surface area contributed by atoms with Gasteiger partial charge >= 0.3 is 0 Å². The Balaban J connectivity index is 2.15. The Morgan fingerprint density at radius 1 is 1.00 bits per heavy atom. The van der Waals surface area contributed by atoms with Crippen molar-refractivity contribution in [3.8, 4) is 0 Å². The average molecular weight is 253 g/mol. The molecule has 0 aliphatic heterocycles. The highest BCUT2D eigenvalue weighted by Crippen LogP contribution is 2.19. The maximum Gasteiger partial charge on any atom is 0.0640 e. The first kappa shape index (κ1) is 13.1. The summed E-state index contributed by atoms with van der Waals surface area (Å²) in [6.45, 7) is 1.99. The third-order valence-corrected chi connectivity index (χ3v) is 3.15. The molecule has 0 bridgehead atoms. The molecule has 3 nitrogen and oxygen atoms in total. The number of nitrogens with zero attached hydrogens (tertiary/aromatic N) is 2. The molecule has 0 radical (unpaired) electrons. The van der Waals surface area contributed by atoms with E-state index in [1.165, 1.54) is 0 Å². The second-order valence-electron chi connectivity index (χ2n) is 4.43. The minimum atomic E-state index is -0.234. The summed E-state index contributed by atoms with van der Waals surface area (Å²) < 4.78 is 0. The molecule has 98 valence electrons. The van der Waals surface area contributed by atoms with Crippen LogP contribution in [0.5, 0.6) is 0 Å². The molecule has 1 unspecified atom stereocenters. The highest BCUT2D eigenvalue weighted by atomic mass is 16.3. The molecule has 2 rings (SSSR count). The van der Waals surface area contributed by atoms with Crippen molar-refractivity contribution in [2.45, 2.75) is 13.0 Å². The van der Waals surface area contributed by atoms with E-state index < -0.39 is 0 Å². The van der Waals surface area contributed by atoms with Crippen LogP contribution in [0.15, 0.2) is 65.7 Å². The maximum atomic E-state index is 12.1. The third-order valence-electron chi connectivity index (χ3n) is 3.15. The predicted octanol–water partition coefficient (Wildman–Crippen LogP) is 2.73. The van der Waals surface area contributed by atoms with Gasteiger partial charge in [-0.15, -0.1) is 0 Å². The van der Waals surface area contributed by atoms with Crippen LogP contribution in [-0.4, -0.2) is 18.0 Å². The van der Waals surface area contributed by atoms with Crippen molar-refractivity contribution < 1.29 is 5.11 Å². The van der Waals surface area contributed by atoms with Gasteiger partial charge in [-0.1, -0.05) is 48.5 Å². The van der Waals surface area contributed by atoms with Crippen LogP contribution in [0.3, 0.4) is 0 Å². The molecular formula is C16H17N2O-. The summed E-state index contributed by atoms with van der Waals surface area (Å²) in [6, 6.07) is 19.0. The predicted molar refractivity (Wildman–Crippen MR) is 76.2 cm³/mol. The van der Waals surface area contributed by atoms with Crippen LogP contribution in [0.25, 0.3) is 0 Å². The van der Waals surface area contributed by atoms with E-state index >= 15 is 0 Å². The molecule has 19 heavy (non-hydrogen) atoms. The molecule has 2 aromatic carbocycles. The van der Waals surface area contributed by atoms with Gasteiger partial charge in [-0.2, -0.15) is 0 Å². The topological polar surface area (TPSA) is 38.7 Å². The second kappa shape index (κ2) is 6.05. The van der Waals surface area contributed by atoms with Crippen molar-refractivity contribution >= 4 is 11.7 Å². The van der Waals surface area contributed by atoms with Crippen LogP contribution in [0, 0.1) is 0 Å². The second-order valence-corrected chi connectivity index (χ2v) is 4.43. The van der Waals surface area contributed by atoms with Gasteiger partial charge in [-0.05, 0) is 24.6 Å². The van der Waals surface area contributed by atoms with E-state index in [-0.39, 0.29) is 12.1 Å². The van der Waals surface area contributed by atoms with Gasteiger partial charge in [0.15, 0.2) is 0 Å². The molecule has 0 amide bonds. The number of aliphatic imine (C=N–C) groups is 1. The minimum absolute atomic E-state index is 0.00108. The smallest absolute Gasteiger partial charge is 0.0640 e. The molecule has 0 N–H and O–H groups in total. The van der Waals surface area contributed by atoms with Gasteiger partial charge in [0.2, 0.25) is 0 Å². The molecule has 0 aliphatic rings. The van der Waals surface area contributed by atoms with Gasteiger partial charge in [0, 0.05) is 7.05 Å². The summed E-state index contributed by atoms with van der Waals surface area (Å²) in [5, 5.41) is 12.1. The standard InChI is InChI=1S/C16H18N2O/c1-13(14-9-5-3-6-10-14)18(2)16(19)17-15-11-7-4-8-12-15/h3-13H,1-2H3,(H,17,19)/p-1. The van der Waals surface area contributed by atoms with Gasteiger partial charge in [-0.3, -0.25) is 0 Å². The molecule has 0 heterocycles. The Morgan fingerprint density at radius 3 is 2.11 bits per heavy atom. The fourth-order valence-corrected chi connectivity index (χ4v) is 1.81. The lowest BCUT2D eigenvalue weighted by atomic mass is 10.1. The molecule has 0 spiro atoms. The zero-order valence-electron chi connectivity index (χ0n) is 11.2. The molecule has 0 fully saturated rings. The van der Waals surface area contributed by atoms with Crippen molar-refractivity contribution in [1.29, 1.82) is 0 Å². The normalized spacial score (nSPS) is 13.1. The lowest BCUT2D eigenvalue weighted by molar-refractivity contribution is -0.235. The van der Waals surface area contributed by atoms with Crippen molar-refractivity contribution in [1.82, 2.24) is 4.90 Å². The van der Waals surface area contributed by atoms with Crippen LogP contribution in [0.2, 0.25) is 0 Å². The Morgan fingerprint density at radius 2 is 1.53 bits per heavy atom. The van der Waals surface area contributed by atoms with Crippen molar-refractivity contribution in [3.63, 3.8) is 0 Å². The van der Waals surface area contributed by atoms with E-state index in [1.54, 1.807) is 11.9 Å². The summed E-state index contributed by atoms with van der Waals surface area (Å²) in [7, 11) is 1.77. The number of amidine groups is 1. The number of hydrogen-bond donors (Lipinski definition) is 0. The fourth-order valence-electron chi connectivity index (χ4n) is 1.81. The SMILES string of the molecule is CC(c1ccccc1)N(C)C([O-])=Nc1ccccc1. The van der Waals surface area contributed by atoms with E-state index in [9.17, 15) is 5.11 Å². The molecule has 2 aromatic rings. The Hall–Kier alpha value is -2.29. The molecule has 1 atom stereocenters. The zero-order chi connectivity index (χ0) is 13.7. The van der Waals surface area contributed by atoms with Crippen LogP contribution in [-0.2, 0) is 0 Å². The van der Waals surface area contributed by atoms with Crippen molar-refractivity contribution in [2.75, 3.05) is 7.05 Å². The van der Waals surface area contributed by atoms with E-state index in [2.05, 4.69) is 4.99 Å². The van der Waals surface area contributed by atoms with Gasteiger partial charge in [-0.25, -0.2) is 4.99 Å². The van der Waals surface area contributed by atoms with Gasteiger partial charge < -0.3 is 10.0 Å². The average Bonchev–Trinajstić information content (AvgIpc) is 2.47. The van der Waals surface area contributed by atoms with Crippen LogP contribution in [0.1, 0.15) is 18.5 Å². The number of benzene rings is 2. The Bertz CT molecular complexity index is 537. The van der Waals surface area contributed by atoms with E-state index in [0.29, 0.717) is 5.69 Å². The maximum absolute atomic E-state index is 12.1. The summed E-state index contributed by atoms with van der Waals surface area (Å²) in [5.41, 5.74) is 1.78. The zero-order valence-corrected chi connectivity index (χ0v) is 11.2. The highest BCUT2D eigenvalue weighted by molar-refractivity contribution is 5.73. The molecular weight excluding hydrogens is 236 g/mol. The Kier molecular flexibility index (Phi) is 4.18. The largest absolute Gasteiger partial charge is 0.846 e. The van der Waals surface area contributed by atoms with Crippen LogP contribution < -0.4 is 5.11 Å². The van der Waals surface area contributed by atoms with Crippen molar-refractivity contribution in [2.24, 2.45) is 4.99 Å². The third kappa shape index (κ3) is 3.35. The first-order valence-corrected chi connectivity index (χ1v) is 6.27. The van der Waals surface area contributed by atoms with E-state index in [4.69, 9.17) is 0 Å². The van der Waals surface area contributed by atoms with E-state index in [0.717, 1.165) is 5.56 Å². The van der Waals surface area contributed by atoms with Crippen LogP contribution in [0.4, 0.5) is 5.69 Å². The first-order valence-electron chi connectivity index (χ1n) is 6.27. The number of para-hydroxylation sites is 1. The monoisotopic (exact) mass is 253 g/mol. The fraction of sp³-hybridized carbons (Fsp3) is 0.188. The molecule has 0 saturated heterocycles. The lowest BCUT2D eigenvalue weighted by Gasteiger charge is -2.31. The summed E-state index contributed by atoms with van der Waals surface area (Å²) in [6.07, 6.45) is 0. The lowest BCUT2D eigenvalue weighted by Crippen LogP contribution is -2.38. The highest BCUT2D eigenvalue weighted by Gasteiger charge is 2.09. The van der Waals surface area contributed by atoms with Crippen molar-refractivity contribution in [3.05, 3.63) is 66.2 Å². The number of hydrogen-bond acceptors (Lipinski definition) is 2. The molecule has 3 heteroatoms. The minimum Gasteiger partial charge on any atom is -0.846 e. The quantitative estimate of drug-likeness (QED) is 0.623. The molecule has 0 aliphatic carbocycles. The van der Waals surface area contributed by atoms with Gasteiger partial charge in [0.05, 0.1) is 17.8 Å². The molecule has 0 aromatic heterocycles. The van der Waals surface area contributed by atoms with E-state index in [1.807, 2.05) is 67.6 Å². The van der Waals surface area contributed by atoms with Gasteiger partial charge in [0.25, 0.3) is 0 Å². The first-order chi connectivity index (χ1) is 9.18. The number of rotatable bonds is 3. The summed E-state index contributed by atoms with van der Waals surface area (Å²) >= 11 is 0. The summed E-state index contributed by atoms with van der Waals surface area (Å²) in [4.78, 5) is 5.73. The van der Waals surface area contributed by atoms with Crippen LogP contribution >= 0.6 is 0 Å². The Labute approximate surface area is 113 Å².